The van der Waals surface area contributed by atoms with Crippen molar-refractivity contribution in [1.82, 2.24) is 19.9 Å². The number of thiazole rings is 1. The third-order valence-corrected chi connectivity index (χ3v) is 5.70. The number of likely N-dealkylation sites (tertiary alicyclic amines) is 1. The van der Waals surface area contributed by atoms with Crippen molar-refractivity contribution >= 4 is 17.0 Å². The van der Waals surface area contributed by atoms with Crippen LogP contribution >= 0.6 is 11.3 Å². The summed E-state index contributed by atoms with van der Waals surface area (Å²) in [5, 5.41) is 3.26. The Hall–Kier alpha value is -1.57. The van der Waals surface area contributed by atoms with Crippen LogP contribution in [0.25, 0.3) is 0 Å². The number of aromatic nitrogens is 3. The van der Waals surface area contributed by atoms with Crippen LogP contribution in [0.4, 0.5) is 5.69 Å². The summed E-state index contributed by atoms with van der Waals surface area (Å²) in [7, 11) is 0. The molecule has 0 saturated carbocycles. The van der Waals surface area contributed by atoms with Gasteiger partial charge in [0, 0.05) is 36.6 Å². The maximum Gasteiger partial charge on any atom is 0.115 e. The second-order valence-electron chi connectivity index (χ2n) is 6.81. The Kier molecular flexibility index (Phi) is 4.73. The minimum atomic E-state index is 0.182. The van der Waals surface area contributed by atoms with Crippen LogP contribution in [0.1, 0.15) is 17.8 Å². The molecule has 6 nitrogen and oxygen atoms in total. The summed E-state index contributed by atoms with van der Waals surface area (Å²) >= 11 is 1.74. The van der Waals surface area contributed by atoms with Gasteiger partial charge in [-0.1, -0.05) is 0 Å². The Morgan fingerprint density at radius 1 is 1.21 bits per heavy atom. The molecule has 2 aliphatic heterocycles. The van der Waals surface area contributed by atoms with Crippen LogP contribution in [0.2, 0.25) is 0 Å². The number of hydrogen-bond donors (Lipinski definition) is 0. The molecule has 24 heavy (non-hydrogen) atoms. The summed E-state index contributed by atoms with van der Waals surface area (Å²) in [4.78, 5) is 17.7. The summed E-state index contributed by atoms with van der Waals surface area (Å²) in [5.41, 5.74) is 1.28. The monoisotopic (exact) mass is 345 g/mol. The first-order valence-corrected chi connectivity index (χ1v) is 9.39. The van der Waals surface area contributed by atoms with E-state index in [4.69, 9.17) is 4.74 Å². The highest BCUT2D eigenvalue weighted by Gasteiger charge is 2.39. The molecule has 0 radical (unpaired) electrons. The molecule has 0 aromatic carbocycles. The number of ether oxygens (including phenoxy) is 1. The Bertz CT molecular complexity index is 638. The molecule has 2 aromatic heterocycles. The normalized spacial score (nSPS) is 25.8. The molecule has 4 rings (SSSR count). The molecular weight excluding hydrogens is 322 g/mol. The van der Waals surface area contributed by atoms with Crippen LogP contribution < -0.4 is 4.90 Å². The van der Waals surface area contributed by atoms with Crippen molar-refractivity contribution in [3.63, 3.8) is 0 Å². The second-order valence-corrected chi connectivity index (χ2v) is 7.79. The molecule has 0 amide bonds. The number of piperidine rings is 1. The minimum Gasteiger partial charge on any atom is -0.379 e. The van der Waals surface area contributed by atoms with Gasteiger partial charge < -0.3 is 9.64 Å². The highest BCUT2D eigenvalue weighted by atomic mass is 32.1. The van der Waals surface area contributed by atoms with Crippen LogP contribution in [0.3, 0.4) is 0 Å². The van der Waals surface area contributed by atoms with Crippen molar-refractivity contribution in [2.45, 2.75) is 19.4 Å². The van der Waals surface area contributed by atoms with Gasteiger partial charge in [0.1, 0.15) is 11.3 Å². The average Bonchev–Trinajstić information content (AvgIpc) is 3.03. The van der Waals surface area contributed by atoms with Crippen LogP contribution in [-0.2, 0) is 11.3 Å². The van der Waals surface area contributed by atoms with Crippen molar-refractivity contribution in [2.24, 2.45) is 5.41 Å². The first-order chi connectivity index (χ1) is 11.8. The third-order valence-electron chi connectivity index (χ3n) is 4.93. The summed E-state index contributed by atoms with van der Waals surface area (Å²) in [6.07, 6.45) is 9.72. The summed E-state index contributed by atoms with van der Waals surface area (Å²) in [6, 6.07) is 0. The smallest absolute Gasteiger partial charge is 0.115 e. The molecule has 2 aliphatic rings. The van der Waals surface area contributed by atoms with Crippen molar-refractivity contribution < 1.29 is 4.74 Å². The Morgan fingerprint density at radius 2 is 2.12 bits per heavy atom. The summed E-state index contributed by atoms with van der Waals surface area (Å²) in [6.45, 7) is 6.69. The molecule has 0 unspecified atom stereocenters. The van der Waals surface area contributed by atoms with Gasteiger partial charge in [0.15, 0.2) is 0 Å². The lowest BCUT2D eigenvalue weighted by Crippen LogP contribution is -2.50. The van der Waals surface area contributed by atoms with Crippen LogP contribution in [-0.4, -0.2) is 59.2 Å². The molecule has 1 spiro atoms. The summed E-state index contributed by atoms with van der Waals surface area (Å²) in [5.74, 6) is 0. The van der Waals surface area contributed by atoms with E-state index in [0.29, 0.717) is 0 Å². The van der Waals surface area contributed by atoms with Gasteiger partial charge in [-0.3, -0.25) is 4.90 Å². The van der Waals surface area contributed by atoms with Gasteiger partial charge in [-0.2, -0.15) is 0 Å². The molecule has 1 atom stereocenters. The third kappa shape index (κ3) is 3.58. The van der Waals surface area contributed by atoms with Crippen LogP contribution in [0, 0.1) is 5.41 Å². The molecule has 2 aromatic rings. The first-order valence-electron chi connectivity index (χ1n) is 8.51. The van der Waals surface area contributed by atoms with E-state index in [-0.39, 0.29) is 5.41 Å². The molecule has 0 aliphatic carbocycles. The molecule has 2 saturated heterocycles. The van der Waals surface area contributed by atoms with Gasteiger partial charge in [0.2, 0.25) is 0 Å². The fourth-order valence-corrected chi connectivity index (χ4v) is 4.54. The highest BCUT2D eigenvalue weighted by Crippen LogP contribution is 2.35. The molecule has 128 valence electrons. The van der Waals surface area contributed by atoms with Crippen LogP contribution in [0.15, 0.2) is 30.3 Å². The van der Waals surface area contributed by atoms with Gasteiger partial charge in [0.05, 0.1) is 37.8 Å². The lowest BCUT2D eigenvalue weighted by atomic mass is 9.80. The minimum absolute atomic E-state index is 0.182. The zero-order valence-corrected chi connectivity index (χ0v) is 14.6. The fraction of sp³-hybridized carbons (Fsp3) is 0.588. The van der Waals surface area contributed by atoms with Crippen LogP contribution in [0.5, 0.6) is 0 Å². The van der Waals surface area contributed by atoms with Gasteiger partial charge in [-0.15, -0.1) is 11.3 Å². The van der Waals surface area contributed by atoms with Crippen molar-refractivity contribution in [3.05, 3.63) is 35.3 Å². The van der Waals surface area contributed by atoms with E-state index >= 15 is 0 Å². The quantitative estimate of drug-likeness (QED) is 0.849. The lowest BCUT2D eigenvalue weighted by Gasteiger charge is -2.43. The lowest BCUT2D eigenvalue weighted by molar-refractivity contribution is 0.0106. The largest absolute Gasteiger partial charge is 0.379 e. The van der Waals surface area contributed by atoms with Crippen molar-refractivity contribution in [3.8, 4) is 0 Å². The maximum absolute atomic E-state index is 6.00. The number of hydrogen-bond acceptors (Lipinski definition) is 7. The van der Waals surface area contributed by atoms with E-state index in [0.717, 1.165) is 51.6 Å². The molecule has 2 fully saturated rings. The zero-order valence-electron chi connectivity index (χ0n) is 13.8. The molecule has 0 bridgehead atoms. The fourth-order valence-electron chi connectivity index (χ4n) is 3.88. The zero-order chi connectivity index (χ0) is 16.2. The number of rotatable bonds is 3. The summed E-state index contributed by atoms with van der Waals surface area (Å²) < 4.78 is 6.00. The number of anilines is 1. The number of nitrogens with zero attached hydrogens (tertiary/aromatic N) is 5. The van der Waals surface area contributed by atoms with E-state index in [1.54, 1.807) is 17.7 Å². The van der Waals surface area contributed by atoms with Crippen molar-refractivity contribution in [2.75, 3.05) is 44.3 Å². The molecule has 0 N–H and O–H groups in total. The van der Waals surface area contributed by atoms with E-state index in [9.17, 15) is 0 Å². The van der Waals surface area contributed by atoms with Gasteiger partial charge in [-0.25, -0.2) is 15.0 Å². The van der Waals surface area contributed by atoms with Gasteiger partial charge in [-0.05, 0) is 19.4 Å². The molecule has 7 heteroatoms. The maximum atomic E-state index is 6.00. The van der Waals surface area contributed by atoms with E-state index in [1.165, 1.54) is 17.8 Å². The van der Waals surface area contributed by atoms with E-state index < -0.39 is 0 Å². The topological polar surface area (TPSA) is 54.4 Å². The molecular formula is C17H23N5OS. The Balaban J connectivity index is 1.49. The Morgan fingerprint density at radius 3 is 2.96 bits per heavy atom. The van der Waals surface area contributed by atoms with E-state index in [2.05, 4.69) is 30.1 Å². The first kappa shape index (κ1) is 15.9. The SMILES string of the molecule is c1ncc(N2CCOC[C@]3(CCCN(Cc4nccs4)C3)C2)cn1. The average molecular weight is 345 g/mol. The van der Waals surface area contributed by atoms with Gasteiger partial charge >= 0.3 is 0 Å². The standard InChI is InChI=1S/C17H23N5OS/c1-2-17(11-21(4-1)10-16-20-3-7-24-16)12-22(5-6-23-13-17)15-8-18-14-19-9-15/h3,7-9,14H,1-2,4-6,10-13H2/t17-/m0/s1. The van der Waals surface area contributed by atoms with E-state index in [1.807, 2.05) is 18.6 Å². The van der Waals surface area contributed by atoms with Crippen molar-refractivity contribution in [1.29, 1.82) is 0 Å². The van der Waals surface area contributed by atoms with Gasteiger partial charge in [0.25, 0.3) is 0 Å². The predicted octanol–water partition coefficient (Wildman–Crippen LogP) is 2.05. The Labute approximate surface area is 146 Å². The predicted molar refractivity (Wildman–Crippen MR) is 94.1 cm³/mol. The highest BCUT2D eigenvalue weighted by molar-refractivity contribution is 7.09. The molecule has 4 heterocycles. The second kappa shape index (κ2) is 7.13.